The number of methoxy groups -OCH3 is 1. The Hall–Kier alpha value is -3.20. The number of nitriles is 2. The van der Waals surface area contributed by atoms with Crippen molar-refractivity contribution in [2.24, 2.45) is 0 Å². The number of allylic oxidation sites excluding steroid dienone is 1. The predicted octanol–water partition coefficient (Wildman–Crippen LogP) is 6.12. The Bertz CT molecular complexity index is 1440. The number of carbonyl (C=O) groups is 1. The quantitative estimate of drug-likeness (QED) is 0.170. The van der Waals surface area contributed by atoms with Crippen molar-refractivity contribution in [2.45, 2.75) is 32.1 Å². The minimum Gasteiger partial charge on any atom is -0.496 e. The molecule has 1 heterocycles. The Morgan fingerprint density at radius 2 is 1.89 bits per heavy atom. The number of unbranched alkanes of at least 4 members (excludes halogenated alkanes) is 3. The van der Waals surface area contributed by atoms with Crippen molar-refractivity contribution in [3.63, 3.8) is 0 Å². The molecule has 1 aromatic heterocycles. The maximum atomic E-state index is 13.1. The lowest BCUT2D eigenvalue weighted by molar-refractivity contribution is 0.0904. The summed E-state index contributed by atoms with van der Waals surface area (Å²) in [6.07, 6.45) is 5.73. The molecule has 0 saturated carbocycles. The highest BCUT2D eigenvalue weighted by molar-refractivity contribution is 9.10. The van der Waals surface area contributed by atoms with E-state index in [4.69, 9.17) is 14.5 Å². The molecule has 0 aliphatic rings. The standard InChI is InChI=1S/C26H25BrN3O5P/c1-35-25-10-7-18(15-28)12-19(25)13-20(16-29)23-17-30(24-9-8-21(27)14-22(23)24)26(31)6-4-2-3-5-11-36(32,33)34/h7-10,12-14,17H,2-6,11H2,1H3,(H2,32,33,34)/b20-13+. The van der Waals surface area contributed by atoms with Crippen molar-refractivity contribution >= 4 is 52.0 Å². The monoisotopic (exact) mass is 569 g/mol. The van der Waals surface area contributed by atoms with E-state index in [1.807, 2.05) is 18.2 Å². The molecule has 0 saturated heterocycles. The van der Waals surface area contributed by atoms with E-state index < -0.39 is 7.60 Å². The zero-order valence-corrected chi connectivity index (χ0v) is 22.1. The van der Waals surface area contributed by atoms with E-state index >= 15 is 0 Å². The third-order valence-electron chi connectivity index (χ3n) is 5.69. The second-order valence-electron chi connectivity index (χ2n) is 8.26. The highest BCUT2D eigenvalue weighted by Crippen LogP contribution is 2.36. The number of hydrogen-bond donors (Lipinski definition) is 2. The molecule has 3 rings (SSSR count). The molecule has 36 heavy (non-hydrogen) atoms. The summed E-state index contributed by atoms with van der Waals surface area (Å²) < 4.78 is 18.7. The number of carbonyl (C=O) groups excluding carboxylic acids is 1. The van der Waals surface area contributed by atoms with Crippen LogP contribution < -0.4 is 4.74 Å². The first-order chi connectivity index (χ1) is 17.2. The first-order valence-electron chi connectivity index (χ1n) is 11.3. The Labute approximate surface area is 217 Å². The molecule has 8 nitrogen and oxygen atoms in total. The van der Waals surface area contributed by atoms with Crippen LogP contribution in [0.1, 0.15) is 53.6 Å². The summed E-state index contributed by atoms with van der Waals surface area (Å²) in [4.78, 5) is 31.0. The molecule has 0 amide bonds. The summed E-state index contributed by atoms with van der Waals surface area (Å²) in [6, 6.07) is 14.7. The number of rotatable bonds is 10. The van der Waals surface area contributed by atoms with Crippen LogP contribution in [0.2, 0.25) is 0 Å². The van der Waals surface area contributed by atoms with Gasteiger partial charge >= 0.3 is 7.60 Å². The van der Waals surface area contributed by atoms with E-state index in [0.29, 0.717) is 59.2 Å². The Morgan fingerprint density at radius 3 is 2.56 bits per heavy atom. The number of aromatic nitrogens is 1. The zero-order valence-electron chi connectivity index (χ0n) is 19.6. The van der Waals surface area contributed by atoms with Crippen molar-refractivity contribution in [3.05, 3.63) is 63.8 Å². The fourth-order valence-corrected chi connectivity index (χ4v) is 4.93. The average molecular weight is 570 g/mol. The summed E-state index contributed by atoms with van der Waals surface area (Å²) >= 11 is 3.46. The van der Waals surface area contributed by atoms with Gasteiger partial charge in [-0.25, -0.2) is 0 Å². The maximum absolute atomic E-state index is 13.1. The summed E-state index contributed by atoms with van der Waals surface area (Å²) in [6.45, 7) is 0. The van der Waals surface area contributed by atoms with Gasteiger partial charge < -0.3 is 14.5 Å². The number of fused-ring (bicyclic) bond motifs is 1. The normalized spacial score (nSPS) is 11.8. The van der Waals surface area contributed by atoms with Gasteiger partial charge in [-0.3, -0.25) is 13.9 Å². The Kier molecular flexibility index (Phi) is 9.25. The second kappa shape index (κ2) is 12.2. The molecule has 2 aromatic carbocycles. The van der Waals surface area contributed by atoms with Crippen molar-refractivity contribution < 1.29 is 23.9 Å². The predicted molar refractivity (Wildman–Crippen MR) is 141 cm³/mol. The molecule has 0 fully saturated rings. The van der Waals surface area contributed by atoms with Crippen molar-refractivity contribution in [1.82, 2.24) is 4.57 Å². The van der Waals surface area contributed by atoms with E-state index in [0.717, 1.165) is 9.86 Å². The number of hydrogen-bond acceptors (Lipinski definition) is 5. The van der Waals surface area contributed by atoms with Gasteiger partial charge in [0.15, 0.2) is 0 Å². The summed E-state index contributed by atoms with van der Waals surface area (Å²) in [5, 5.41) is 20.0. The molecular formula is C26H25BrN3O5P. The van der Waals surface area contributed by atoms with Gasteiger partial charge in [0.1, 0.15) is 5.75 Å². The van der Waals surface area contributed by atoms with Crippen LogP contribution in [0.5, 0.6) is 5.75 Å². The number of ether oxygens (including phenoxy) is 1. The van der Waals surface area contributed by atoms with Gasteiger partial charge in [-0.05, 0) is 55.3 Å². The van der Waals surface area contributed by atoms with Crippen LogP contribution in [0, 0.1) is 22.7 Å². The largest absolute Gasteiger partial charge is 0.496 e. The Balaban J connectivity index is 1.91. The van der Waals surface area contributed by atoms with E-state index in [9.17, 15) is 19.9 Å². The van der Waals surface area contributed by atoms with Gasteiger partial charge in [-0.2, -0.15) is 10.5 Å². The van der Waals surface area contributed by atoms with Gasteiger partial charge in [-0.1, -0.05) is 28.8 Å². The summed E-state index contributed by atoms with van der Waals surface area (Å²) in [5.74, 6) is 0.381. The van der Waals surface area contributed by atoms with Crippen LogP contribution in [0.4, 0.5) is 0 Å². The number of nitrogens with zero attached hydrogens (tertiary/aromatic N) is 3. The minimum atomic E-state index is -3.99. The summed E-state index contributed by atoms with van der Waals surface area (Å²) in [7, 11) is -2.48. The molecule has 3 aromatic rings. The Morgan fingerprint density at radius 1 is 1.14 bits per heavy atom. The summed E-state index contributed by atoms with van der Waals surface area (Å²) in [5.41, 5.74) is 2.56. The lowest BCUT2D eigenvalue weighted by atomic mass is 10.0. The van der Waals surface area contributed by atoms with Gasteiger partial charge in [-0.15, -0.1) is 0 Å². The molecule has 0 bridgehead atoms. The smallest absolute Gasteiger partial charge is 0.325 e. The highest BCUT2D eigenvalue weighted by Gasteiger charge is 2.18. The third kappa shape index (κ3) is 6.94. The van der Waals surface area contributed by atoms with Crippen LogP contribution >= 0.6 is 23.5 Å². The molecule has 186 valence electrons. The van der Waals surface area contributed by atoms with Crippen molar-refractivity contribution in [1.29, 1.82) is 10.5 Å². The first kappa shape index (κ1) is 27.4. The van der Waals surface area contributed by atoms with Crippen LogP contribution in [0.3, 0.4) is 0 Å². The number of benzene rings is 2. The van der Waals surface area contributed by atoms with Crippen LogP contribution in [-0.4, -0.2) is 33.5 Å². The van der Waals surface area contributed by atoms with Crippen molar-refractivity contribution in [2.75, 3.05) is 13.3 Å². The van der Waals surface area contributed by atoms with E-state index in [1.54, 1.807) is 35.0 Å². The van der Waals surface area contributed by atoms with Crippen LogP contribution in [-0.2, 0) is 4.57 Å². The molecule has 0 aliphatic heterocycles. The lowest BCUT2D eigenvalue weighted by Gasteiger charge is -2.06. The average Bonchev–Trinajstić information content (AvgIpc) is 3.22. The molecular weight excluding hydrogens is 545 g/mol. The molecule has 0 radical (unpaired) electrons. The molecule has 0 spiro atoms. The topological polar surface area (TPSA) is 136 Å². The van der Waals surface area contributed by atoms with Crippen molar-refractivity contribution in [3.8, 4) is 17.9 Å². The number of halogens is 1. The molecule has 10 heteroatoms. The zero-order chi connectivity index (χ0) is 26.3. The SMILES string of the molecule is COc1ccc(C#N)cc1/C=C(\C#N)c1cn(C(=O)CCCCCCP(=O)(O)O)c2ccc(Br)cc12. The van der Waals surface area contributed by atoms with Gasteiger partial charge in [0, 0.05) is 39.8 Å². The van der Waals surface area contributed by atoms with Gasteiger partial charge in [0.25, 0.3) is 0 Å². The fourth-order valence-electron chi connectivity index (χ4n) is 3.93. The fraction of sp³-hybridized carbons (Fsp3) is 0.269. The molecule has 2 N–H and O–H groups in total. The van der Waals surface area contributed by atoms with E-state index in [1.165, 1.54) is 7.11 Å². The third-order valence-corrected chi connectivity index (χ3v) is 7.09. The van der Waals surface area contributed by atoms with E-state index in [-0.39, 0.29) is 18.5 Å². The van der Waals surface area contributed by atoms with Gasteiger partial charge in [0.2, 0.25) is 5.91 Å². The molecule has 0 aliphatic carbocycles. The maximum Gasteiger partial charge on any atom is 0.325 e. The van der Waals surface area contributed by atoms with Gasteiger partial charge in [0.05, 0.1) is 35.9 Å². The molecule has 0 unspecified atom stereocenters. The van der Waals surface area contributed by atoms with Crippen LogP contribution in [0.15, 0.2) is 47.1 Å². The first-order valence-corrected chi connectivity index (χ1v) is 13.8. The van der Waals surface area contributed by atoms with Crippen LogP contribution in [0.25, 0.3) is 22.6 Å². The lowest BCUT2D eigenvalue weighted by Crippen LogP contribution is -2.08. The highest BCUT2D eigenvalue weighted by atomic mass is 79.9. The minimum absolute atomic E-state index is 0.134. The van der Waals surface area contributed by atoms with E-state index in [2.05, 4.69) is 28.1 Å². The second-order valence-corrected chi connectivity index (χ2v) is 11.0. The molecule has 0 atom stereocenters.